The third kappa shape index (κ3) is 3.53. The molecule has 2 aliphatic rings. The van der Waals surface area contributed by atoms with Gasteiger partial charge in [-0.05, 0) is 50.4 Å². The smallest absolute Gasteiger partial charge is 0.0439 e. The minimum Gasteiger partial charge on any atom is -0.384 e. The van der Waals surface area contributed by atoms with Crippen molar-refractivity contribution in [2.24, 2.45) is 17.8 Å². The zero-order valence-corrected chi connectivity index (χ0v) is 13.4. The summed E-state index contributed by atoms with van der Waals surface area (Å²) in [6, 6.07) is 1.81. The molecule has 5 unspecified atom stereocenters. The molecular formula is C17H32N2. The van der Waals surface area contributed by atoms with E-state index in [0.717, 1.165) is 17.9 Å². The highest BCUT2D eigenvalue weighted by molar-refractivity contribution is 5.19. The topological polar surface area (TPSA) is 24.1 Å². The lowest BCUT2D eigenvalue weighted by Crippen LogP contribution is -2.44. The first-order valence-corrected chi connectivity index (χ1v) is 8.25. The lowest BCUT2D eigenvalue weighted by Gasteiger charge is -2.30. The quantitative estimate of drug-likeness (QED) is 0.791. The van der Waals surface area contributed by atoms with Crippen molar-refractivity contribution in [3.05, 3.63) is 11.8 Å². The molecule has 0 aromatic carbocycles. The highest BCUT2D eigenvalue weighted by Gasteiger charge is 2.33. The second-order valence-electron chi connectivity index (χ2n) is 7.10. The van der Waals surface area contributed by atoms with Crippen LogP contribution in [0.15, 0.2) is 11.8 Å². The molecule has 0 saturated heterocycles. The van der Waals surface area contributed by atoms with Gasteiger partial charge in [-0.2, -0.15) is 0 Å². The Morgan fingerprint density at radius 3 is 2.68 bits per heavy atom. The molecule has 1 saturated carbocycles. The lowest BCUT2D eigenvalue weighted by molar-refractivity contribution is 0.277. The van der Waals surface area contributed by atoms with Crippen LogP contribution in [0.3, 0.4) is 0 Å². The van der Waals surface area contributed by atoms with Crippen LogP contribution < -0.4 is 10.6 Å². The van der Waals surface area contributed by atoms with Gasteiger partial charge < -0.3 is 10.6 Å². The van der Waals surface area contributed by atoms with E-state index in [0.29, 0.717) is 18.0 Å². The molecule has 2 N–H and O–H groups in total. The maximum absolute atomic E-state index is 3.80. The van der Waals surface area contributed by atoms with Gasteiger partial charge in [0.1, 0.15) is 0 Å². The van der Waals surface area contributed by atoms with Crippen LogP contribution in [-0.4, -0.2) is 18.1 Å². The van der Waals surface area contributed by atoms with Crippen LogP contribution in [0.25, 0.3) is 0 Å². The van der Waals surface area contributed by atoms with Crippen molar-refractivity contribution in [3.8, 4) is 0 Å². The summed E-state index contributed by atoms with van der Waals surface area (Å²) in [7, 11) is 0. The highest BCUT2D eigenvalue weighted by Crippen LogP contribution is 2.35. The van der Waals surface area contributed by atoms with Gasteiger partial charge in [-0.25, -0.2) is 0 Å². The molecule has 0 amide bonds. The summed E-state index contributed by atoms with van der Waals surface area (Å²) in [5.74, 6) is 2.39. The number of hydrogen-bond donors (Lipinski definition) is 2. The molecule has 110 valence electrons. The summed E-state index contributed by atoms with van der Waals surface area (Å²) < 4.78 is 0. The minimum absolute atomic E-state index is 0.466. The Labute approximate surface area is 119 Å². The normalized spacial score (nSPS) is 33.6. The second-order valence-corrected chi connectivity index (χ2v) is 7.10. The van der Waals surface area contributed by atoms with Gasteiger partial charge in [0.25, 0.3) is 0 Å². The summed E-state index contributed by atoms with van der Waals surface area (Å²) in [6.45, 7) is 11.6. The van der Waals surface area contributed by atoms with E-state index in [1.165, 1.54) is 31.4 Å². The first kappa shape index (κ1) is 14.9. The third-order valence-electron chi connectivity index (χ3n) is 5.08. The Morgan fingerprint density at radius 1 is 1.32 bits per heavy atom. The van der Waals surface area contributed by atoms with Crippen molar-refractivity contribution < 1.29 is 0 Å². The van der Waals surface area contributed by atoms with Crippen LogP contribution in [0.1, 0.15) is 60.3 Å². The van der Waals surface area contributed by atoms with E-state index in [-0.39, 0.29) is 0 Å². The fraction of sp³-hybridized carbons (Fsp3) is 0.882. The van der Waals surface area contributed by atoms with E-state index in [9.17, 15) is 0 Å². The summed E-state index contributed by atoms with van der Waals surface area (Å²) in [6.07, 6.45) is 7.83. The van der Waals surface area contributed by atoms with Crippen molar-refractivity contribution >= 4 is 0 Å². The largest absolute Gasteiger partial charge is 0.384 e. The van der Waals surface area contributed by atoms with E-state index in [4.69, 9.17) is 0 Å². The van der Waals surface area contributed by atoms with E-state index in [1.54, 1.807) is 0 Å². The third-order valence-corrected chi connectivity index (χ3v) is 5.08. The van der Waals surface area contributed by atoms with Gasteiger partial charge in [-0.1, -0.05) is 33.8 Å². The molecule has 2 nitrogen and oxygen atoms in total. The Balaban J connectivity index is 1.93. The van der Waals surface area contributed by atoms with E-state index < -0.39 is 0 Å². The molecule has 1 aliphatic carbocycles. The van der Waals surface area contributed by atoms with Gasteiger partial charge >= 0.3 is 0 Å². The van der Waals surface area contributed by atoms with E-state index in [1.807, 2.05) is 0 Å². The summed E-state index contributed by atoms with van der Waals surface area (Å²) in [4.78, 5) is 0. The SMILES string of the molecule is CCC(NC(C)C1=CC2CC(C)CCC2N1)C(C)C. The molecule has 2 heteroatoms. The molecule has 5 atom stereocenters. The van der Waals surface area contributed by atoms with Crippen molar-refractivity contribution in [2.75, 3.05) is 0 Å². The molecule has 19 heavy (non-hydrogen) atoms. The van der Waals surface area contributed by atoms with Gasteiger partial charge in [0, 0.05) is 23.8 Å². The number of fused-ring (bicyclic) bond motifs is 1. The molecule has 0 spiro atoms. The van der Waals surface area contributed by atoms with Crippen molar-refractivity contribution in [3.63, 3.8) is 0 Å². The van der Waals surface area contributed by atoms with Crippen molar-refractivity contribution in [1.82, 2.24) is 10.6 Å². The molecule has 1 aliphatic heterocycles. The number of rotatable bonds is 5. The molecule has 0 aromatic heterocycles. The van der Waals surface area contributed by atoms with Crippen LogP contribution in [0, 0.1) is 17.8 Å². The number of nitrogens with one attached hydrogen (secondary N) is 2. The van der Waals surface area contributed by atoms with E-state index in [2.05, 4.69) is 51.3 Å². The number of hydrogen-bond acceptors (Lipinski definition) is 2. The molecule has 0 bridgehead atoms. The average Bonchev–Trinajstić information content (AvgIpc) is 2.78. The monoisotopic (exact) mass is 264 g/mol. The summed E-state index contributed by atoms with van der Waals surface area (Å²) in [5.41, 5.74) is 1.45. The Kier molecular flexibility index (Phi) is 4.94. The van der Waals surface area contributed by atoms with Crippen molar-refractivity contribution in [1.29, 1.82) is 0 Å². The van der Waals surface area contributed by atoms with Crippen LogP contribution in [0.2, 0.25) is 0 Å². The van der Waals surface area contributed by atoms with E-state index >= 15 is 0 Å². The fourth-order valence-electron chi connectivity index (χ4n) is 3.74. The average molecular weight is 264 g/mol. The second kappa shape index (κ2) is 6.30. The van der Waals surface area contributed by atoms with Crippen LogP contribution in [-0.2, 0) is 0 Å². The maximum atomic E-state index is 3.80. The zero-order chi connectivity index (χ0) is 14.0. The molecule has 1 fully saturated rings. The van der Waals surface area contributed by atoms with Gasteiger partial charge in [0.2, 0.25) is 0 Å². The molecule has 2 rings (SSSR count). The van der Waals surface area contributed by atoms with Crippen LogP contribution in [0.4, 0.5) is 0 Å². The van der Waals surface area contributed by atoms with Crippen LogP contribution in [0.5, 0.6) is 0 Å². The first-order chi connectivity index (χ1) is 9.01. The molecule has 1 heterocycles. The predicted molar refractivity (Wildman–Crippen MR) is 83.0 cm³/mol. The molecule has 0 aromatic rings. The summed E-state index contributed by atoms with van der Waals surface area (Å²) >= 11 is 0. The van der Waals surface area contributed by atoms with Gasteiger partial charge in [-0.3, -0.25) is 0 Å². The molecule has 0 radical (unpaired) electrons. The van der Waals surface area contributed by atoms with Crippen LogP contribution >= 0.6 is 0 Å². The molecular weight excluding hydrogens is 232 g/mol. The Morgan fingerprint density at radius 2 is 2.05 bits per heavy atom. The van der Waals surface area contributed by atoms with Gasteiger partial charge in [-0.15, -0.1) is 0 Å². The highest BCUT2D eigenvalue weighted by atomic mass is 15.1. The maximum Gasteiger partial charge on any atom is 0.0439 e. The first-order valence-electron chi connectivity index (χ1n) is 8.25. The Bertz CT molecular complexity index is 321. The zero-order valence-electron chi connectivity index (χ0n) is 13.4. The van der Waals surface area contributed by atoms with Crippen molar-refractivity contribution in [2.45, 2.75) is 78.4 Å². The summed E-state index contributed by atoms with van der Waals surface area (Å²) in [5, 5.41) is 7.58. The predicted octanol–water partition coefficient (Wildman–Crippen LogP) is 3.69. The fourth-order valence-corrected chi connectivity index (χ4v) is 3.74. The Hall–Kier alpha value is -0.500. The standard InChI is InChI=1S/C17H32N2/c1-6-15(11(2)3)18-13(5)17-10-14-9-12(4)7-8-16(14)19-17/h10-16,18-19H,6-9H2,1-5H3. The lowest BCUT2D eigenvalue weighted by atomic mass is 9.80. The van der Waals surface area contributed by atoms with Gasteiger partial charge in [0.05, 0.1) is 0 Å². The minimum atomic E-state index is 0.466. The van der Waals surface area contributed by atoms with Gasteiger partial charge in [0.15, 0.2) is 0 Å².